The van der Waals surface area contributed by atoms with E-state index in [0.717, 1.165) is 37.5 Å². The maximum Gasteiger partial charge on any atom is 0.166 e. The van der Waals surface area contributed by atoms with Crippen LogP contribution < -0.4 is 0 Å². The molecule has 3 rings (SSSR count). The van der Waals surface area contributed by atoms with Crippen LogP contribution in [0, 0.1) is 17.6 Å². The second-order valence-corrected chi connectivity index (χ2v) is 6.81. The maximum absolute atomic E-state index is 14.5. The van der Waals surface area contributed by atoms with Crippen molar-refractivity contribution in [3.05, 3.63) is 46.5 Å². The SMILES string of the molecule is CCCCCc1cc2cc3c(cc2c(F)c1F)CC(C)CC3. The van der Waals surface area contributed by atoms with E-state index in [1.807, 2.05) is 12.1 Å². The van der Waals surface area contributed by atoms with Crippen LogP contribution in [0.25, 0.3) is 10.8 Å². The lowest BCUT2D eigenvalue weighted by molar-refractivity contribution is 0.498. The Balaban J connectivity index is 2.04. The number of benzene rings is 2. The lowest BCUT2D eigenvalue weighted by Gasteiger charge is -2.22. The van der Waals surface area contributed by atoms with Gasteiger partial charge in [0, 0.05) is 5.39 Å². The molecule has 22 heavy (non-hydrogen) atoms. The minimum Gasteiger partial charge on any atom is -0.203 e. The first-order chi connectivity index (χ1) is 10.6. The standard InChI is InChI=1S/C20H24F2/c1-3-4-5-6-15-11-17-10-14-8-7-13(2)9-16(14)12-18(17)20(22)19(15)21/h10-13H,3-9H2,1-2H3. The predicted molar refractivity (Wildman–Crippen MR) is 88.3 cm³/mol. The zero-order chi connectivity index (χ0) is 15.7. The largest absolute Gasteiger partial charge is 0.203 e. The molecule has 118 valence electrons. The third-order valence-electron chi connectivity index (χ3n) is 4.94. The molecule has 0 fully saturated rings. The molecule has 0 amide bonds. The van der Waals surface area contributed by atoms with E-state index in [1.165, 1.54) is 17.5 Å². The van der Waals surface area contributed by atoms with Crippen molar-refractivity contribution in [3.63, 3.8) is 0 Å². The average molecular weight is 302 g/mol. The molecular weight excluding hydrogens is 278 g/mol. The molecular formula is C20H24F2. The van der Waals surface area contributed by atoms with Crippen molar-refractivity contribution in [3.8, 4) is 0 Å². The Bertz CT molecular complexity index is 688. The van der Waals surface area contributed by atoms with Crippen molar-refractivity contribution < 1.29 is 8.78 Å². The normalized spacial score (nSPS) is 17.7. The van der Waals surface area contributed by atoms with Crippen molar-refractivity contribution >= 4 is 10.8 Å². The summed E-state index contributed by atoms with van der Waals surface area (Å²) in [7, 11) is 0. The zero-order valence-electron chi connectivity index (χ0n) is 13.5. The molecule has 2 heteroatoms. The van der Waals surface area contributed by atoms with Gasteiger partial charge in [0.25, 0.3) is 0 Å². The fourth-order valence-corrected chi connectivity index (χ4v) is 3.58. The van der Waals surface area contributed by atoms with Gasteiger partial charge in [-0.05, 0) is 72.2 Å². The Labute approximate surface area is 131 Å². The first-order valence-corrected chi connectivity index (χ1v) is 8.52. The Hall–Kier alpha value is -1.44. The van der Waals surface area contributed by atoms with Crippen molar-refractivity contribution in [1.29, 1.82) is 0 Å². The highest BCUT2D eigenvalue weighted by atomic mass is 19.2. The van der Waals surface area contributed by atoms with Gasteiger partial charge in [0.05, 0.1) is 0 Å². The Morgan fingerprint density at radius 1 is 1.05 bits per heavy atom. The number of unbranched alkanes of at least 4 members (excludes halogenated alkanes) is 2. The highest BCUT2D eigenvalue weighted by Crippen LogP contribution is 2.32. The van der Waals surface area contributed by atoms with Crippen LogP contribution in [0.4, 0.5) is 8.78 Å². The number of rotatable bonds is 4. The quantitative estimate of drug-likeness (QED) is 0.610. The third-order valence-corrected chi connectivity index (χ3v) is 4.94. The lowest BCUT2D eigenvalue weighted by Crippen LogP contribution is -2.11. The molecule has 0 N–H and O–H groups in total. The van der Waals surface area contributed by atoms with Crippen molar-refractivity contribution in [1.82, 2.24) is 0 Å². The van der Waals surface area contributed by atoms with Crippen molar-refractivity contribution in [2.75, 3.05) is 0 Å². The van der Waals surface area contributed by atoms with E-state index in [1.54, 1.807) is 0 Å². The molecule has 1 atom stereocenters. The number of hydrogen-bond donors (Lipinski definition) is 0. The van der Waals surface area contributed by atoms with Crippen LogP contribution in [0.2, 0.25) is 0 Å². The average Bonchev–Trinajstić information content (AvgIpc) is 2.51. The fourth-order valence-electron chi connectivity index (χ4n) is 3.58. The Kier molecular flexibility index (Phi) is 4.46. The van der Waals surface area contributed by atoms with Crippen LogP contribution in [-0.2, 0) is 19.3 Å². The van der Waals surface area contributed by atoms with Gasteiger partial charge in [0.15, 0.2) is 11.6 Å². The van der Waals surface area contributed by atoms with Crippen molar-refractivity contribution in [2.24, 2.45) is 5.92 Å². The van der Waals surface area contributed by atoms with E-state index >= 15 is 0 Å². The van der Waals surface area contributed by atoms with E-state index in [-0.39, 0.29) is 0 Å². The van der Waals surface area contributed by atoms with E-state index in [0.29, 0.717) is 23.3 Å². The summed E-state index contributed by atoms with van der Waals surface area (Å²) in [5.74, 6) is -0.677. The zero-order valence-corrected chi connectivity index (χ0v) is 13.5. The second kappa shape index (κ2) is 6.36. The molecule has 0 nitrogen and oxygen atoms in total. The molecule has 1 unspecified atom stereocenters. The molecule has 1 aliphatic carbocycles. The van der Waals surface area contributed by atoms with Gasteiger partial charge < -0.3 is 0 Å². The van der Waals surface area contributed by atoms with Gasteiger partial charge in [-0.25, -0.2) is 8.78 Å². The molecule has 0 aliphatic heterocycles. The van der Waals surface area contributed by atoms with Crippen LogP contribution in [0.1, 0.15) is 56.2 Å². The van der Waals surface area contributed by atoms with Gasteiger partial charge in [-0.15, -0.1) is 0 Å². The maximum atomic E-state index is 14.5. The van der Waals surface area contributed by atoms with Crippen LogP contribution >= 0.6 is 0 Å². The highest BCUT2D eigenvalue weighted by molar-refractivity contribution is 5.85. The first kappa shape index (κ1) is 15.5. The summed E-state index contributed by atoms with van der Waals surface area (Å²) in [5.41, 5.74) is 3.04. The van der Waals surface area contributed by atoms with Crippen LogP contribution in [0.5, 0.6) is 0 Å². The molecule has 0 saturated heterocycles. The summed E-state index contributed by atoms with van der Waals surface area (Å²) in [6.45, 7) is 4.34. The summed E-state index contributed by atoms with van der Waals surface area (Å²) >= 11 is 0. The van der Waals surface area contributed by atoms with E-state index < -0.39 is 11.6 Å². The molecule has 0 saturated carbocycles. The second-order valence-electron chi connectivity index (χ2n) is 6.81. The van der Waals surface area contributed by atoms with Crippen LogP contribution in [-0.4, -0.2) is 0 Å². The minimum atomic E-state index is -0.662. The molecule has 0 radical (unpaired) electrons. The minimum absolute atomic E-state index is 0.449. The predicted octanol–water partition coefficient (Wildman–Crippen LogP) is 5.98. The van der Waals surface area contributed by atoms with Gasteiger partial charge in [0.1, 0.15) is 0 Å². The molecule has 0 bridgehead atoms. The van der Waals surface area contributed by atoms with E-state index in [9.17, 15) is 8.78 Å². The molecule has 0 aromatic heterocycles. The summed E-state index contributed by atoms with van der Waals surface area (Å²) < 4.78 is 28.8. The molecule has 1 aliphatic rings. The summed E-state index contributed by atoms with van der Waals surface area (Å²) in [5, 5.41) is 1.31. The van der Waals surface area contributed by atoms with Crippen LogP contribution in [0.15, 0.2) is 18.2 Å². The Morgan fingerprint density at radius 3 is 2.64 bits per heavy atom. The molecule has 0 spiro atoms. The summed E-state index contributed by atoms with van der Waals surface area (Å²) in [6.07, 6.45) is 6.90. The smallest absolute Gasteiger partial charge is 0.166 e. The summed E-state index contributed by atoms with van der Waals surface area (Å²) in [6, 6.07) is 5.83. The first-order valence-electron chi connectivity index (χ1n) is 8.52. The lowest BCUT2D eigenvalue weighted by atomic mass is 9.83. The Morgan fingerprint density at radius 2 is 1.86 bits per heavy atom. The van der Waals surface area contributed by atoms with E-state index in [2.05, 4.69) is 19.9 Å². The van der Waals surface area contributed by atoms with Gasteiger partial charge in [-0.1, -0.05) is 32.8 Å². The number of aryl methyl sites for hydroxylation is 2. The third kappa shape index (κ3) is 2.88. The van der Waals surface area contributed by atoms with Gasteiger partial charge in [0.2, 0.25) is 0 Å². The molecule has 2 aromatic carbocycles. The van der Waals surface area contributed by atoms with Gasteiger partial charge in [-0.2, -0.15) is 0 Å². The van der Waals surface area contributed by atoms with Gasteiger partial charge in [-0.3, -0.25) is 0 Å². The molecule has 2 aromatic rings. The fraction of sp³-hybridized carbons (Fsp3) is 0.500. The number of fused-ring (bicyclic) bond motifs is 2. The highest BCUT2D eigenvalue weighted by Gasteiger charge is 2.19. The number of hydrogen-bond acceptors (Lipinski definition) is 0. The topological polar surface area (TPSA) is 0 Å². The van der Waals surface area contributed by atoms with Gasteiger partial charge >= 0.3 is 0 Å². The molecule has 0 heterocycles. The van der Waals surface area contributed by atoms with E-state index in [4.69, 9.17) is 0 Å². The van der Waals surface area contributed by atoms with Crippen molar-refractivity contribution in [2.45, 2.75) is 58.8 Å². The summed E-state index contributed by atoms with van der Waals surface area (Å²) in [4.78, 5) is 0. The van der Waals surface area contributed by atoms with Crippen LogP contribution in [0.3, 0.4) is 0 Å². The monoisotopic (exact) mass is 302 g/mol. The number of halogens is 2.